The molecule has 3 heterocycles. The number of morpholine rings is 1. The highest BCUT2D eigenvalue weighted by atomic mass is 16.5. The lowest BCUT2D eigenvalue weighted by atomic mass is 9.94. The molecule has 5 nitrogen and oxygen atoms in total. The number of anilines is 1. The van der Waals surface area contributed by atoms with E-state index in [1.54, 1.807) is 0 Å². The number of hydrogen-bond donors (Lipinski definition) is 0. The Kier molecular flexibility index (Phi) is 4.28. The van der Waals surface area contributed by atoms with Gasteiger partial charge in [0.1, 0.15) is 12.4 Å². The fourth-order valence-electron chi connectivity index (χ4n) is 4.63. The molecule has 1 aromatic heterocycles. The monoisotopic (exact) mass is 411 g/mol. The van der Waals surface area contributed by atoms with Crippen molar-refractivity contribution in [2.24, 2.45) is 0 Å². The van der Waals surface area contributed by atoms with Gasteiger partial charge in [0, 0.05) is 18.5 Å². The van der Waals surface area contributed by atoms with Gasteiger partial charge in [-0.3, -0.25) is 0 Å². The van der Waals surface area contributed by atoms with E-state index >= 15 is 0 Å². The van der Waals surface area contributed by atoms with Crippen molar-refractivity contribution in [2.45, 2.75) is 6.61 Å². The molecule has 5 heteroatoms. The summed E-state index contributed by atoms with van der Waals surface area (Å²) in [5.41, 5.74) is 3.76. The van der Waals surface area contributed by atoms with Crippen LogP contribution in [-0.4, -0.2) is 26.3 Å². The van der Waals surface area contributed by atoms with Gasteiger partial charge in [-0.2, -0.15) is 0 Å². The van der Waals surface area contributed by atoms with Gasteiger partial charge in [-0.25, -0.2) is 4.79 Å². The maximum Gasteiger partial charge on any atom is 0.346 e. The summed E-state index contributed by atoms with van der Waals surface area (Å²) in [4.78, 5) is 15.6. The summed E-state index contributed by atoms with van der Waals surface area (Å²) < 4.78 is 17.9. The fourth-order valence-corrected chi connectivity index (χ4v) is 4.63. The largest absolute Gasteiger partial charge is 0.487 e. The molecule has 2 aliphatic rings. The first-order valence-electron chi connectivity index (χ1n) is 10.5. The zero-order chi connectivity index (χ0) is 20.8. The van der Waals surface area contributed by atoms with Crippen molar-refractivity contribution in [3.05, 3.63) is 82.7 Å². The minimum atomic E-state index is -0.326. The second kappa shape index (κ2) is 7.29. The van der Waals surface area contributed by atoms with E-state index in [4.69, 9.17) is 13.9 Å². The van der Waals surface area contributed by atoms with E-state index in [9.17, 15) is 4.79 Å². The Bertz CT molecular complexity index is 1340. The number of fused-ring (bicyclic) bond motifs is 5. The van der Waals surface area contributed by atoms with Crippen LogP contribution in [0.2, 0.25) is 0 Å². The van der Waals surface area contributed by atoms with Crippen LogP contribution in [0, 0.1) is 0 Å². The molecule has 0 saturated carbocycles. The zero-order valence-corrected chi connectivity index (χ0v) is 17.0. The molecule has 2 aliphatic heterocycles. The Balaban J connectivity index is 1.64. The quantitative estimate of drug-likeness (QED) is 0.472. The number of hydrogen-bond acceptors (Lipinski definition) is 5. The Morgan fingerprint density at radius 3 is 2.45 bits per heavy atom. The molecule has 0 N–H and O–H groups in total. The minimum absolute atomic E-state index is 0.326. The minimum Gasteiger partial charge on any atom is -0.487 e. The van der Waals surface area contributed by atoms with Gasteiger partial charge < -0.3 is 18.8 Å². The fraction of sp³-hybridized carbons (Fsp3) is 0.192. The van der Waals surface area contributed by atoms with E-state index in [0.717, 1.165) is 52.0 Å². The smallest absolute Gasteiger partial charge is 0.346 e. The van der Waals surface area contributed by atoms with Gasteiger partial charge in [0.05, 0.1) is 35.6 Å². The molecule has 4 aromatic rings. The third kappa shape index (κ3) is 2.93. The Morgan fingerprint density at radius 2 is 1.61 bits per heavy atom. The maximum atomic E-state index is 13.4. The van der Waals surface area contributed by atoms with Gasteiger partial charge in [0.15, 0.2) is 5.76 Å². The van der Waals surface area contributed by atoms with Crippen molar-refractivity contribution in [2.75, 3.05) is 31.2 Å². The highest BCUT2D eigenvalue weighted by molar-refractivity contribution is 5.96. The van der Waals surface area contributed by atoms with Gasteiger partial charge >= 0.3 is 5.63 Å². The molecule has 0 atom stereocenters. The molecule has 0 bridgehead atoms. The summed E-state index contributed by atoms with van der Waals surface area (Å²) in [7, 11) is 0. The molecule has 1 saturated heterocycles. The third-order valence-corrected chi connectivity index (χ3v) is 6.07. The topological polar surface area (TPSA) is 51.9 Å². The lowest BCUT2D eigenvalue weighted by molar-refractivity contribution is 0.122. The first-order valence-corrected chi connectivity index (χ1v) is 10.5. The SMILES string of the molecule is O=c1oc2c(c(N3CCOCC3)c1-c1ccccc1)COc1c-2ccc2ccccc12. The van der Waals surface area contributed by atoms with E-state index in [0.29, 0.717) is 31.1 Å². The lowest BCUT2D eigenvalue weighted by Crippen LogP contribution is -2.38. The lowest BCUT2D eigenvalue weighted by Gasteiger charge is -2.34. The van der Waals surface area contributed by atoms with Crippen LogP contribution in [0.15, 0.2) is 75.9 Å². The van der Waals surface area contributed by atoms with E-state index < -0.39 is 0 Å². The molecule has 154 valence electrons. The molecular formula is C26H21NO4. The molecule has 6 rings (SSSR count). The summed E-state index contributed by atoms with van der Waals surface area (Å²) in [6.45, 7) is 3.06. The average molecular weight is 411 g/mol. The zero-order valence-electron chi connectivity index (χ0n) is 17.0. The molecule has 1 fully saturated rings. The van der Waals surface area contributed by atoms with Gasteiger partial charge in [0.25, 0.3) is 0 Å². The van der Waals surface area contributed by atoms with Crippen LogP contribution >= 0.6 is 0 Å². The van der Waals surface area contributed by atoms with Crippen molar-refractivity contribution in [1.29, 1.82) is 0 Å². The molecule has 0 aliphatic carbocycles. The van der Waals surface area contributed by atoms with Crippen LogP contribution in [0.4, 0.5) is 5.69 Å². The van der Waals surface area contributed by atoms with Crippen LogP contribution in [0.1, 0.15) is 5.56 Å². The number of nitrogens with zero attached hydrogens (tertiary/aromatic N) is 1. The number of benzene rings is 3. The Hall–Kier alpha value is -3.57. The molecule has 0 amide bonds. The Labute approximate surface area is 179 Å². The summed E-state index contributed by atoms with van der Waals surface area (Å²) >= 11 is 0. The first kappa shape index (κ1) is 18.2. The van der Waals surface area contributed by atoms with E-state index in [2.05, 4.69) is 11.0 Å². The van der Waals surface area contributed by atoms with Gasteiger partial charge in [-0.1, -0.05) is 60.7 Å². The van der Waals surface area contributed by atoms with Crippen molar-refractivity contribution >= 4 is 16.5 Å². The molecule has 31 heavy (non-hydrogen) atoms. The number of rotatable bonds is 2. The second-order valence-electron chi connectivity index (χ2n) is 7.84. The van der Waals surface area contributed by atoms with E-state index in [-0.39, 0.29) is 5.63 Å². The van der Waals surface area contributed by atoms with E-state index in [1.165, 1.54) is 0 Å². The second-order valence-corrected chi connectivity index (χ2v) is 7.84. The summed E-state index contributed by atoms with van der Waals surface area (Å²) in [5, 5.41) is 2.12. The predicted octanol–water partition coefficient (Wildman–Crippen LogP) is 4.86. The van der Waals surface area contributed by atoms with Crippen LogP contribution in [0.5, 0.6) is 5.75 Å². The van der Waals surface area contributed by atoms with Gasteiger partial charge in [0.2, 0.25) is 0 Å². The summed E-state index contributed by atoms with van der Waals surface area (Å²) in [6, 6.07) is 21.9. The average Bonchev–Trinajstić information content (AvgIpc) is 2.84. The normalized spacial score (nSPS) is 15.3. The first-order chi connectivity index (χ1) is 15.3. The van der Waals surface area contributed by atoms with Crippen molar-refractivity contribution in [3.63, 3.8) is 0 Å². The molecule has 0 spiro atoms. The summed E-state index contributed by atoms with van der Waals surface area (Å²) in [5.74, 6) is 1.38. The molecule has 3 aromatic carbocycles. The van der Waals surface area contributed by atoms with Crippen molar-refractivity contribution in [1.82, 2.24) is 0 Å². The molecule has 0 radical (unpaired) electrons. The summed E-state index contributed by atoms with van der Waals surface area (Å²) in [6.07, 6.45) is 0. The number of ether oxygens (including phenoxy) is 2. The Morgan fingerprint density at radius 1 is 0.839 bits per heavy atom. The van der Waals surface area contributed by atoms with Crippen molar-refractivity contribution in [3.8, 4) is 28.2 Å². The van der Waals surface area contributed by atoms with E-state index in [1.807, 2.05) is 60.7 Å². The predicted molar refractivity (Wildman–Crippen MR) is 121 cm³/mol. The molecule has 0 unspecified atom stereocenters. The van der Waals surface area contributed by atoms with Crippen LogP contribution in [0.25, 0.3) is 33.2 Å². The van der Waals surface area contributed by atoms with Crippen LogP contribution < -0.4 is 15.3 Å². The van der Waals surface area contributed by atoms with Gasteiger partial charge in [-0.15, -0.1) is 0 Å². The van der Waals surface area contributed by atoms with Crippen LogP contribution in [-0.2, 0) is 11.3 Å². The van der Waals surface area contributed by atoms with Crippen molar-refractivity contribution < 1.29 is 13.9 Å². The van der Waals surface area contributed by atoms with Crippen LogP contribution in [0.3, 0.4) is 0 Å². The standard InChI is InChI=1S/C26H21NO4/c28-26-22(18-7-2-1-3-8-18)23(27-12-14-29-15-13-27)21-16-30-24-19-9-5-4-6-17(19)10-11-20(24)25(21)31-26/h1-11H,12-16H2. The highest BCUT2D eigenvalue weighted by Crippen LogP contribution is 2.46. The van der Waals surface area contributed by atoms with Gasteiger partial charge in [-0.05, 0) is 17.0 Å². The maximum absolute atomic E-state index is 13.4. The highest BCUT2D eigenvalue weighted by Gasteiger charge is 2.31. The molecular weight excluding hydrogens is 390 g/mol. The third-order valence-electron chi connectivity index (χ3n) is 6.07.